The highest BCUT2D eigenvalue weighted by atomic mass is 32.1. The Hall–Kier alpha value is -0.440. The van der Waals surface area contributed by atoms with Crippen LogP contribution in [0, 0.1) is 0 Å². The third-order valence-corrected chi connectivity index (χ3v) is 1.65. The second kappa shape index (κ2) is 2.92. The van der Waals surface area contributed by atoms with E-state index in [1.807, 2.05) is 0 Å². The van der Waals surface area contributed by atoms with Gasteiger partial charge in [-0.1, -0.05) is 0 Å². The summed E-state index contributed by atoms with van der Waals surface area (Å²) in [5.74, 6) is 0.407. The van der Waals surface area contributed by atoms with Crippen molar-refractivity contribution in [1.29, 1.82) is 0 Å². The van der Waals surface area contributed by atoms with Crippen molar-refractivity contribution in [3.63, 3.8) is 0 Å². The number of hydrogen-bond donors (Lipinski definition) is 1. The Labute approximate surface area is 59.3 Å². The lowest BCUT2D eigenvalue weighted by Gasteiger charge is -2.13. The molecule has 1 aliphatic heterocycles. The third kappa shape index (κ3) is 1.48. The molecule has 0 spiro atoms. The molecule has 9 heavy (non-hydrogen) atoms. The third-order valence-electron chi connectivity index (χ3n) is 1.21. The van der Waals surface area contributed by atoms with E-state index < -0.39 is 0 Å². The fourth-order valence-corrected chi connectivity index (χ4v) is 1.01. The molecule has 1 heterocycles. The zero-order valence-corrected chi connectivity index (χ0v) is 5.86. The molecule has 0 fully saturated rings. The molecule has 0 aromatic rings. The highest BCUT2D eigenvalue weighted by molar-refractivity contribution is 7.84. The second-order valence-electron chi connectivity index (χ2n) is 1.88. The van der Waals surface area contributed by atoms with Crippen molar-refractivity contribution in [2.45, 2.75) is 12.8 Å². The molecule has 0 aliphatic carbocycles. The summed E-state index contributed by atoms with van der Waals surface area (Å²) in [4.78, 5) is 10.9. The quantitative estimate of drug-likeness (QED) is 0.441. The van der Waals surface area contributed by atoms with Gasteiger partial charge >= 0.3 is 0 Å². The summed E-state index contributed by atoms with van der Waals surface area (Å²) in [6, 6.07) is 0. The number of carbonyl (C=O) groups is 1. The Kier molecular flexibility index (Phi) is 2.16. The lowest BCUT2D eigenvalue weighted by Crippen LogP contribution is -2.04. The predicted octanol–water partition coefficient (Wildman–Crippen LogP) is 1.14. The van der Waals surface area contributed by atoms with Crippen LogP contribution in [0.15, 0.2) is 10.7 Å². The Morgan fingerprint density at radius 3 is 2.89 bits per heavy atom. The van der Waals surface area contributed by atoms with E-state index in [1.165, 1.54) is 0 Å². The van der Waals surface area contributed by atoms with Crippen molar-refractivity contribution in [1.82, 2.24) is 0 Å². The molecular formula is C6H8O2S. The number of rotatable bonds is 1. The summed E-state index contributed by atoms with van der Waals surface area (Å²) in [6.07, 6.45) is 2.55. The topological polar surface area (TPSA) is 26.3 Å². The van der Waals surface area contributed by atoms with Gasteiger partial charge in [0.05, 0.1) is 6.61 Å². The Bertz CT molecular complexity index is 151. The highest BCUT2D eigenvalue weighted by Gasteiger charge is 2.08. The molecule has 0 bridgehead atoms. The van der Waals surface area contributed by atoms with Gasteiger partial charge in [0.1, 0.15) is 0 Å². The van der Waals surface area contributed by atoms with Gasteiger partial charge in [0.25, 0.3) is 0 Å². The van der Waals surface area contributed by atoms with E-state index in [9.17, 15) is 4.79 Å². The Balaban J connectivity index is 2.70. The number of aldehydes is 1. The van der Waals surface area contributed by atoms with E-state index in [0.717, 1.165) is 17.7 Å². The van der Waals surface area contributed by atoms with E-state index in [2.05, 4.69) is 12.6 Å². The fraction of sp³-hybridized carbons (Fsp3) is 0.500. The minimum Gasteiger partial charge on any atom is -0.489 e. The lowest BCUT2D eigenvalue weighted by molar-refractivity contribution is -0.108. The van der Waals surface area contributed by atoms with Crippen molar-refractivity contribution in [3.05, 3.63) is 10.7 Å². The summed E-state index contributed by atoms with van der Waals surface area (Å²) in [5.41, 5.74) is 0. The van der Waals surface area contributed by atoms with E-state index in [1.54, 1.807) is 0 Å². The van der Waals surface area contributed by atoms with Crippen LogP contribution < -0.4 is 0 Å². The maximum absolute atomic E-state index is 10.1. The molecule has 0 radical (unpaired) electrons. The summed E-state index contributed by atoms with van der Waals surface area (Å²) in [5, 5.41) is 0. The molecule has 0 saturated heterocycles. The van der Waals surface area contributed by atoms with Gasteiger partial charge < -0.3 is 4.74 Å². The molecule has 0 unspecified atom stereocenters. The standard InChI is InChI=1S/C6H8O2S/c7-4-5-6(9)2-1-3-8-5/h4,9H,1-3H2. The molecule has 0 saturated carbocycles. The monoisotopic (exact) mass is 144 g/mol. The van der Waals surface area contributed by atoms with E-state index in [0.29, 0.717) is 18.7 Å². The SMILES string of the molecule is O=CC1=C(S)CCCO1. The van der Waals surface area contributed by atoms with Crippen molar-refractivity contribution in [2.24, 2.45) is 0 Å². The smallest absolute Gasteiger partial charge is 0.185 e. The van der Waals surface area contributed by atoms with Crippen LogP contribution in [0.3, 0.4) is 0 Å². The van der Waals surface area contributed by atoms with Gasteiger partial charge in [-0.3, -0.25) is 4.79 Å². The van der Waals surface area contributed by atoms with Gasteiger partial charge in [-0.2, -0.15) is 0 Å². The molecule has 3 heteroatoms. The van der Waals surface area contributed by atoms with Gasteiger partial charge in [-0.05, 0) is 12.8 Å². The molecule has 0 N–H and O–H groups in total. The van der Waals surface area contributed by atoms with E-state index >= 15 is 0 Å². The first-order valence-corrected chi connectivity index (χ1v) is 3.29. The molecule has 50 valence electrons. The van der Waals surface area contributed by atoms with Crippen LogP contribution in [-0.4, -0.2) is 12.9 Å². The van der Waals surface area contributed by atoms with Gasteiger partial charge in [-0.25, -0.2) is 0 Å². The molecule has 0 aromatic carbocycles. The molecule has 2 nitrogen and oxygen atoms in total. The zero-order chi connectivity index (χ0) is 6.69. The Morgan fingerprint density at radius 2 is 2.44 bits per heavy atom. The summed E-state index contributed by atoms with van der Waals surface area (Å²) >= 11 is 4.06. The van der Waals surface area contributed by atoms with Crippen molar-refractivity contribution in [3.8, 4) is 0 Å². The first-order valence-electron chi connectivity index (χ1n) is 2.84. The first kappa shape index (κ1) is 6.68. The molecule has 0 aromatic heterocycles. The van der Waals surface area contributed by atoms with Crippen LogP contribution >= 0.6 is 12.6 Å². The molecule has 0 atom stereocenters. The van der Waals surface area contributed by atoms with Crippen LogP contribution in [0.2, 0.25) is 0 Å². The molecular weight excluding hydrogens is 136 g/mol. The van der Waals surface area contributed by atoms with Crippen LogP contribution in [0.4, 0.5) is 0 Å². The minimum absolute atomic E-state index is 0.407. The predicted molar refractivity (Wildman–Crippen MR) is 37.3 cm³/mol. The normalized spacial score (nSPS) is 19.2. The molecule has 1 rings (SSSR count). The van der Waals surface area contributed by atoms with E-state index in [4.69, 9.17) is 4.74 Å². The Morgan fingerprint density at radius 1 is 1.67 bits per heavy atom. The number of carbonyl (C=O) groups excluding carboxylic acids is 1. The lowest BCUT2D eigenvalue weighted by atomic mass is 10.2. The van der Waals surface area contributed by atoms with Gasteiger partial charge in [0, 0.05) is 4.91 Å². The summed E-state index contributed by atoms with van der Waals surface area (Å²) < 4.78 is 4.97. The zero-order valence-electron chi connectivity index (χ0n) is 4.96. The van der Waals surface area contributed by atoms with Gasteiger partial charge in [0.2, 0.25) is 0 Å². The van der Waals surface area contributed by atoms with Crippen molar-refractivity contribution in [2.75, 3.05) is 6.61 Å². The average Bonchev–Trinajstić information content (AvgIpc) is 1.89. The highest BCUT2D eigenvalue weighted by Crippen LogP contribution is 2.19. The number of hydrogen-bond acceptors (Lipinski definition) is 3. The fourth-order valence-electron chi connectivity index (χ4n) is 0.730. The largest absolute Gasteiger partial charge is 0.489 e. The first-order chi connectivity index (χ1) is 4.34. The summed E-state index contributed by atoms with van der Waals surface area (Å²) in [7, 11) is 0. The molecule has 0 amide bonds. The number of allylic oxidation sites excluding steroid dienone is 2. The molecule has 1 aliphatic rings. The van der Waals surface area contributed by atoms with Gasteiger partial charge in [-0.15, -0.1) is 12.6 Å². The minimum atomic E-state index is 0.407. The second-order valence-corrected chi connectivity index (χ2v) is 2.42. The van der Waals surface area contributed by atoms with Crippen LogP contribution in [0.25, 0.3) is 0 Å². The number of ether oxygens (including phenoxy) is 1. The van der Waals surface area contributed by atoms with Crippen molar-refractivity contribution >= 4 is 18.9 Å². The maximum atomic E-state index is 10.1. The maximum Gasteiger partial charge on any atom is 0.185 e. The summed E-state index contributed by atoms with van der Waals surface area (Å²) in [6.45, 7) is 0.651. The van der Waals surface area contributed by atoms with E-state index in [-0.39, 0.29) is 0 Å². The number of thiol groups is 1. The average molecular weight is 144 g/mol. The van der Waals surface area contributed by atoms with Crippen LogP contribution in [0.5, 0.6) is 0 Å². The van der Waals surface area contributed by atoms with Crippen molar-refractivity contribution < 1.29 is 9.53 Å². The van der Waals surface area contributed by atoms with Crippen LogP contribution in [-0.2, 0) is 9.53 Å². The van der Waals surface area contributed by atoms with Crippen LogP contribution in [0.1, 0.15) is 12.8 Å². The van der Waals surface area contributed by atoms with Gasteiger partial charge in [0.15, 0.2) is 12.0 Å².